The van der Waals surface area contributed by atoms with Gasteiger partial charge in [-0.05, 0) is 31.2 Å². The number of fused-ring (bicyclic) bond motifs is 1. The predicted molar refractivity (Wildman–Crippen MR) is 122 cm³/mol. The zero-order valence-electron chi connectivity index (χ0n) is 18.8. The van der Waals surface area contributed by atoms with E-state index in [1.165, 1.54) is 27.1 Å². The molecule has 0 aliphatic carbocycles. The van der Waals surface area contributed by atoms with Gasteiger partial charge in [-0.3, -0.25) is 19.0 Å². The second kappa shape index (κ2) is 10.1. The molecular weight excluding hydrogens is 430 g/mol. The molecule has 0 unspecified atom stereocenters. The van der Waals surface area contributed by atoms with Gasteiger partial charge in [0.2, 0.25) is 5.91 Å². The molecule has 2 aromatic rings. The Bertz CT molecular complexity index is 1030. The number of likely N-dealkylation sites (tertiary alicyclic amines) is 1. The van der Waals surface area contributed by atoms with E-state index < -0.39 is 0 Å². The summed E-state index contributed by atoms with van der Waals surface area (Å²) in [5, 5.41) is 3.41. The lowest BCUT2D eigenvalue weighted by Crippen LogP contribution is -3.14. The number of aromatic nitrogens is 2. The van der Waals surface area contributed by atoms with Gasteiger partial charge in [-0.25, -0.2) is 4.98 Å². The minimum Gasteiger partial charge on any atom is -0.370 e. The van der Waals surface area contributed by atoms with Gasteiger partial charge in [-0.1, -0.05) is 6.92 Å². The van der Waals surface area contributed by atoms with Crippen molar-refractivity contribution in [2.45, 2.75) is 33.2 Å². The topological polar surface area (TPSA) is 98.0 Å². The number of ether oxygens (including phenoxy) is 1. The molecule has 0 aromatic carbocycles. The average Bonchev–Trinajstić information content (AvgIpc) is 3.14. The molecule has 4 rings (SSSR count). The van der Waals surface area contributed by atoms with E-state index in [2.05, 4.69) is 17.2 Å². The van der Waals surface area contributed by atoms with E-state index in [4.69, 9.17) is 4.74 Å². The van der Waals surface area contributed by atoms with E-state index in [0.717, 1.165) is 58.8 Å². The molecule has 2 fully saturated rings. The molecule has 2 N–H and O–H groups in total. The van der Waals surface area contributed by atoms with E-state index in [1.807, 2.05) is 4.90 Å². The molecule has 2 aliphatic rings. The molecule has 0 saturated carbocycles. The molecule has 0 spiro atoms. The minimum absolute atomic E-state index is 0.0186. The maximum Gasteiger partial charge on any atom is 0.262 e. The number of hydrogen-bond donors (Lipinski definition) is 2. The summed E-state index contributed by atoms with van der Waals surface area (Å²) in [5.74, 6) is 0.396. The van der Waals surface area contributed by atoms with E-state index in [9.17, 15) is 14.4 Å². The van der Waals surface area contributed by atoms with Crippen LogP contribution in [0.3, 0.4) is 0 Å². The molecule has 174 valence electrons. The largest absolute Gasteiger partial charge is 0.370 e. The second-order valence-corrected chi connectivity index (χ2v) is 9.84. The number of carbonyl (C=O) groups is 2. The number of rotatable bonds is 6. The molecular formula is C22H32N5O4S+. The highest BCUT2D eigenvalue weighted by Gasteiger charge is 2.23. The summed E-state index contributed by atoms with van der Waals surface area (Å²) < 4.78 is 6.73. The van der Waals surface area contributed by atoms with Crippen LogP contribution in [0.4, 0.5) is 0 Å². The third-order valence-electron chi connectivity index (χ3n) is 6.53. The van der Waals surface area contributed by atoms with Crippen molar-refractivity contribution in [1.82, 2.24) is 19.8 Å². The van der Waals surface area contributed by atoms with Crippen LogP contribution in [0, 0.1) is 12.8 Å². The van der Waals surface area contributed by atoms with Crippen molar-refractivity contribution in [2.24, 2.45) is 5.92 Å². The van der Waals surface area contributed by atoms with Crippen LogP contribution in [0.5, 0.6) is 0 Å². The number of hydrogen-bond acceptors (Lipinski definition) is 6. The zero-order valence-corrected chi connectivity index (χ0v) is 19.6. The monoisotopic (exact) mass is 462 g/mol. The number of amides is 2. The zero-order chi connectivity index (χ0) is 22.7. The first kappa shape index (κ1) is 22.9. The Balaban J connectivity index is 1.44. The molecule has 2 aliphatic heterocycles. The first-order valence-electron chi connectivity index (χ1n) is 11.4. The SMILES string of the molecule is Cc1c(C(=O)NCC[NH+]2CCOCC2)sc2ncn(CC(=O)N3CCC(C)CC3)c(=O)c12. The average molecular weight is 463 g/mol. The van der Waals surface area contributed by atoms with Crippen molar-refractivity contribution >= 4 is 33.4 Å². The number of thiophene rings is 1. The van der Waals surface area contributed by atoms with Crippen molar-refractivity contribution in [1.29, 1.82) is 0 Å². The fourth-order valence-corrected chi connectivity index (χ4v) is 5.39. The summed E-state index contributed by atoms with van der Waals surface area (Å²) in [7, 11) is 0. The normalized spacial score (nSPS) is 18.2. The van der Waals surface area contributed by atoms with Gasteiger partial charge in [0.15, 0.2) is 0 Å². The number of piperidine rings is 1. The van der Waals surface area contributed by atoms with Crippen LogP contribution >= 0.6 is 11.3 Å². The Morgan fingerprint density at radius 1 is 1.28 bits per heavy atom. The smallest absolute Gasteiger partial charge is 0.262 e. The molecule has 2 saturated heterocycles. The van der Waals surface area contributed by atoms with Crippen LogP contribution in [0.15, 0.2) is 11.1 Å². The molecule has 9 nitrogen and oxygen atoms in total. The Kier molecular flexibility index (Phi) is 7.22. The molecule has 0 radical (unpaired) electrons. The number of quaternary nitrogens is 1. The third kappa shape index (κ3) is 5.02. The maximum absolute atomic E-state index is 13.1. The fraction of sp³-hybridized carbons (Fsp3) is 0.636. The van der Waals surface area contributed by atoms with Gasteiger partial charge >= 0.3 is 0 Å². The van der Waals surface area contributed by atoms with E-state index >= 15 is 0 Å². The van der Waals surface area contributed by atoms with Crippen molar-refractivity contribution in [3.8, 4) is 0 Å². The first-order chi connectivity index (χ1) is 15.4. The summed E-state index contributed by atoms with van der Waals surface area (Å²) in [4.78, 5) is 47.2. The van der Waals surface area contributed by atoms with E-state index in [0.29, 0.717) is 33.1 Å². The molecule has 0 atom stereocenters. The predicted octanol–water partition coefficient (Wildman–Crippen LogP) is -0.330. The molecule has 10 heteroatoms. The number of nitrogens with zero attached hydrogens (tertiary/aromatic N) is 3. The maximum atomic E-state index is 13.1. The highest BCUT2D eigenvalue weighted by Crippen LogP contribution is 2.26. The summed E-state index contributed by atoms with van der Waals surface area (Å²) in [5.41, 5.74) is 0.367. The van der Waals surface area contributed by atoms with Gasteiger partial charge in [-0.15, -0.1) is 11.3 Å². The van der Waals surface area contributed by atoms with Gasteiger partial charge in [0.05, 0.1) is 42.9 Å². The Labute approximate surface area is 191 Å². The Morgan fingerprint density at radius 3 is 2.72 bits per heavy atom. The van der Waals surface area contributed by atoms with Crippen molar-refractivity contribution in [2.75, 3.05) is 52.5 Å². The van der Waals surface area contributed by atoms with Gasteiger partial charge < -0.3 is 19.9 Å². The third-order valence-corrected chi connectivity index (χ3v) is 7.73. The van der Waals surface area contributed by atoms with Gasteiger partial charge in [-0.2, -0.15) is 0 Å². The Morgan fingerprint density at radius 2 is 2.00 bits per heavy atom. The fourth-order valence-electron chi connectivity index (χ4n) is 4.34. The van der Waals surface area contributed by atoms with Crippen LogP contribution < -0.4 is 15.8 Å². The van der Waals surface area contributed by atoms with Crippen molar-refractivity contribution in [3.63, 3.8) is 0 Å². The molecule has 32 heavy (non-hydrogen) atoms. The summed E-state index contributed by atoms with van der Waals surface area (Å²) in [6.45, 7) is 10.3. The first-order valence-corrected chi connectivity index (χ1v) is 12.2. The lowest BCUT2D eigenvalue weighted by molar-refractivity contribution is -0.906. The number of aryl methyl sites for hydroxylation is 1. The van der Waals surface area contributed by atoms with Gasteiger partial charge in [0.25, 0.3) is 11.5 Å². The van der Waals surface area contributed by atoms with Crippen LogP contribution in [0.1, 0.15) is 35.0 Å². The summed E-state index contributed by atoms with van der Waals surface area (Å²) in [6, 6.07) is 0. The summed E-state index contributed by atoms with van der Waals surface area (Å²) >= 11 is 1.23. The van der Waals surface area contributed by atoms with Crippen LogP contribution in [-0.2, 0) is 16.1 Å². The van der Waals surface area contributed by atoms with E-state index in [-0.39, 0.29) is 23.9 Å². The lowest BCUT2D eigenvalue weighted by Gasteiger charge is -2.30. The summed E-state index contributed by atoms with van der Waals surface area (Å²) in [6.07, 6.45) is 3.41. The highest BCUT2D eigenvalue weighted by atomic mass is 32.1. The number of morpholine rings is 1. The molecule has 4 heterocycles. The van der Waals surface area contributed by atoms with Crippen LogP contribution in [-0.4, -0.2) is 78.7 Å². The molecule has 0 bridgehead atoms. The van der Waals surface area contributed by atoms with Crippen LogP contribution in [0.25, 0.3) is 10.2 Å². The second-order valence-electron chi connectivity index (χ2n) is 8.85. The van der Waals surface area contributed by atoms with Crippen molar-refractivity contribution in [3.05, 3.63) is 27.1 Å². The van der Waals surface area contributed by atoms with Crippen molar-refractivity contribution < 1.29 is 19.2 Å². The number of carbonyl (C=O) groups excluding carboxylic acids is 2. The lowest BCUT2D eigenvalue weighted by atomic mass is 9.99. The standard InChI is InChI=1S/C22H31N5O4S/c1-15-3-6-26(7-4-15)17(28)13-27-14-24-21-18(22(27)30)16(2)19(32-21)20(29)23-5-8-25-9-11-31-12-10-25/h14-15H,3-13H2,1-2H3,(H,23,29)/p+1. The minimum atomic E-state index is -0.265. The molecule has 2 aromatic heterocycles. The molecule has 2 amide bonds. The van der Waals surface area contributed by atoms with Gasteiger partial charge in [0, 0.05) is 13.1 Å². The van der Waals surface area contributed by atoms with E-state index in [1.54, 1.807) is 6.92 Å². The highest BCUT2D eigenvalue weighted by molar-refractivity contribution is 7.20. The Hall–Kier alpha value is -2.30. The van der Waals surface area contributed by atoms with Gasteiger partial charge in [0.1, 0.15) is 24.5 Å². The quantitative estimate of drug-likeness (QED) is 0.613. The number of nitrogens with one attached hydrogen (secondary N) is 2. The van der Waals surface area contributed by atoms with Crippen LogP contribution in [0.2, 0.25) is 0 Å².